The standard InChI is InChI=1S/C27H26F2N4OS2/c1-2-33(18-21-6-4-3-5-7-21)22-12-8-20(9-13-22)17-30-32-27-31-25(34)24(36-27)16-19-10-14-23(15-11-19)35-26(28)29/h3-15,17,24,26H,2,16,18H2,1H3,(H,31,32,34)/b30-17-/t24-/m0/s1. The lowest BCUT2D eigenvalue weighted by Gasteiger charge is -2.23. The van der Waals surface area contributed by atoms with Crippen molar-refractivity contribution in [1.82, 2.24) is 5.32 Å². The van der Waals surface area contributed by atoms with Crippen LogP contribution in [0.3, 0.4) is 0 Å². The van der Waals surface area contributed by atoms with E-state index in [9.17, 15) is 13.6 Å². The van der Waals surface area contributed by atoms with E-state index in [-0.39, 0.29) is 11.2 Å². The molecule has 9 heteroatoms. The van der Waals surface area contributed by atoms with E-state index in [1.165, 1.54) is 17.3 Å². The Kier molecular flexibility index (Phi) is 9.13. The van der Waals surface area contributed by atoms with Crippen LogP contribution in [0.5, 0.6) is 0 Å². The minimum atomic E-state index is -2.45. The maximum absolute atomic E-state index is 12.5. The highest BCUT2D eigenvalue weighted by atomic mass is 32.2. The third-order valence-corrected chi connectivity index (χ3v) is 7.35. The molecular weight excluding hydrogens is 498 g/mol. The summed E-state index contributed by atoms with van der Waals surface area (Å²) < 4.78 is 24.9. The van der Waals surface area contributed by atoms with E-state index in [0.717, 1.165) is 29.9 Å². The van der Waals surface area contributed by atoms with Gasteiger partial charge in [-0.05, 0) is 54.3 Å². The van der Waals surface area contributed by atoms with E-state index < -0.39 is 5.76 Å². The first-order chi connectivity index (χ1) is 17.5. The third-order valence-electron chi connectivity index (χ3n) is 5.56. The van der Waals surface area contributed by atoms with Crippen LogP contribution in [0.2, 0.25) is 0 Å². The number of benzene rings is 3. The van der Waals surface area contributed by atoms with Crippen molar-refractivity contribution in [2.24, 2.45) is 10.2 Å². The van der Waals surface area contributed by atoms with Crippen LogP contribution in [0.1, 0.15) is 23.6 Å². The molecule has 0 bridgehead atoms. The lowest BCUT2D eigenvalue weighted by atomic mass is 10.1. The van der Waals surface area contributed by atoms with Gasteiger partial charge in [0.05, 0.1) is 11.5 Å². The van der Waals surface area contributed by atoms with Crippen molar-refractivity contribution in [2.75, 3.05) is 11.4 Å². The van der Waals surface area contributed by atoms with Crippen LogP contribution in [-0.2, 0) is 17.8 Å². The first-order valence-corrected chi connectivity index (χ1v) is 13.3. The Bertz CT molecular complexity index is 1200. The summed E-state index contributed by atoms with van der Waals surface area (Å²) >= 11 is 1.82. The van der Waals surface area contributed by atoms with Gasteiger partial charge in [0.2, 0.25) is 5.91 Å². The van der Waals surface area contributed by atoms with Gasteiger partial charge in [0.15, 0.2) is 5.17 Å². The second kappa shape index (κ2) is 12.7. The van der Waals surface area contributed by atoms with Gasteiger partial charge < -0.3 is 10.2 Å². The number of rotatable bonds is 10. The van der Waals surface area contributed by atoms with Gasteiger partial charge in [-0.2, -0.15) is 13.9 Å². The third kappa shape index (κ3) is 7.41. The molecule has 36 heavy (non-hydrogen) atoms. The molecule has 186 valence electrons. The molecule has 1 heterocycles. The van der Waals surface area contributed by atoms with Crippen LogP contribution in [0.25, 0.3) is 0 Å². The van der Waals surface area contributed by atoms with Crippen molar-refractivity contribution in [1.29, 1.82) is 0 Å². The van der Waals surface area contributed by atoms with Crippen molar-refractivity contribution >= 4 is 46.5 Å². The Labute approximate surface area is 218 Å². The predicted octanol–water partition coefficient (Wildman–Crippen LogP) is 6.19. The van der Waals surface area contributed by atoms with E-state index in [1.807, 2.05) is 30.3 Å². The molecule has 0 aliphatic carbocycles. The van der Waals surface area contributed by atoms with Gasteiger partial charge >= 0.3 is 0 Å². The van der Waals surface area contributed by atoms with Crippen LogP contribution < -0.4 is 10.2 Å². The van der Waals surface area contributed by atoms with Crippen LogP contribution in [0.4, 0.5) is 14.5 Å². The molecule has 4 rings (SSSR count). The number of amidine groups is 1. The molecule has 1 amide bonds. The summed E-state index contributed by atoms with van der Waals surface area (Å²) in [6.07, 6.45) is 2.14. The molecule has 0 unspecified atom stereocenters. The molecular formula is C27H26F2N4OS2. The van der Waals surface area contributed by atoms with Gasteiger partial charge in [0.1, 0.15) is 0 Å². The van der Waals surface area contributed by atoms with Crippen LogP contribution in [0.15, 0.2) is 94.0 Å². The number of carbonyl (C=O) groups excluding carboxylic acids is 1. The van der Waals surface area contributed by atoms with Gasteiger partial charge in [-0.25, -0.2) is 0 Å². The van der Waals surface area contributed by atoms with Crippen molar-refractivity contribution < 1.29 is 13.6 Å². The molecule has 1 fully saturated rings. The van der Waals surface area contributed by atoms with Crippen molar-refractivity contribution in [3.05, 3.63) is 95.6 Å². The fraction of sp³-hybridized carbons (Fsp3) is 0.222. The summed E-state index contributed by atoms with van der Waals surface area (Å²) in [5.74, 6) is -2.59. The Morgan fingerprint density at radius 3 is 2.42 bits per heavy atom. The second-order valence-electron chi connectivity index (χ2n) is 8.06. The predicted molar refractivity (Wildman–Crippen MR) is 146 cm³/mol. The zero-order chi connectivity index (χ0) is 25.3. The quantitative estimate of drug-likeness (QED) is 0.195. The average molecular weight is 525 g/mol. The summed E-state index contributed by atoms with van der Waals surface area (Å²) in [6, 6.07) is 25.3. The number of halogens is 2. The Hall–Kier alpha value is -3.17. The number of amides is 1. The smallest absolute Gasteiger partial charge is 0.288 e. The lowest BCUT2D eigenvalue weighted by molar-refractivity contribution is -0.118. The Morgan fingerprint density at radius 1 is 1.03 bits per heavy atom. The minimum Gasteiger partial charge on any atom is -0.367 e. The van der Waals surface area contributed by atoms with E-state index >= 15 is 0 Å². The zero-order valence-corrected chi connectivity index (χ0v) is 21.3. The summed E-state index contributed by atoms with van der Waals surface area (Å²) in [4.78, 5) is 15.1. The SMILES string of the molecule is CCN(Cc1ccccc1)c1ccc(/C=N\N=C2/NC(=O)[C@H](Cc3ccc(SC(F)F)cc3)S2)cc1. The number of anilines is 1. The van der Waals surface area contributed by atoms with Crippen LogP contribution >= 0.6 is 23.5 Å². The van der Waals surface area contributed by atoms with Gasteiger partial charge in [0, 0.05) is 23.7 Å². The first-order valence-electron chi connectivity index (χ1n) is 11.5. The fourth-order valence-corrected chi connectivity index (χ4v) is 5.18. The summed E-state index contributed by atoms with van der Waals surface area (Å²) in [5.41, 5.74) is 4.20. The van der Waals surface area contributed by atoms with E-state index in [2.05, 4.69) is 51.6 Å². The molecule has 1 aliphatic heterocycles. The molecule has 3 aromatic carbocycles. The Morgan fingerprint density at radius 2 is 1.75 bits per heavy atom. The Balaban J connectivity index is 1.31. The van der Waals surface area contributed by atoms with Crippen molar-refractivity contribution in [2.45, 2.75) is 35.8 Å². The highest BCUT2D eigenvalue weighted by molar-refractivity contribution is 8.15. The van der Waals surface area contributed by atoms with E-state index in [4.69, 9.17) is 0 Å². The molecule has 1 atom stereocenters. The topological polar surface area (TPSA) is 57.1 Å². The van der Waals surface area contributed by atoms with Crippen LogP contribution in [0, 0.1) is 0 Å². The largest absolute Gasteiger partial charge is 0.367 e. The number of nitrogens with zero attached hydrogens (tertiary/aromatic N) is 3. The number of carbonyl (C=O) groups is 1. The minimum absolute atomic E-state index is 0.137. The molecule has 5 nitrogen and oxygen atoms in total. The lowest BCUT2D eigenvalue weighted by Crippen LogP contribution is -2.25. The number of alkyl halides is 2. The molecule has 0 radical (unpaired) electrons. The number of hydrogen-bond acceptors (Lipinski definition) is 6. The summed E-state index contributed by atoms with van der Waals surface area (Å²) in [6.45, 7) is 3.87. The highest BCUT2D eigenvalue weighted by Gasteiger charge is 2.30. The molecule has 0 spiro atoms. The first kappa shape index (κ1) is 25.9. The second-order valence-corrected chi connectivity index (χ2v) is 10.3. The van der Waals surface area contributed by atoms with E-state index in [1.54, 1.807) is 30.5 Å². The molecule has 0 saturated carbocycles. The molecule has 0 aromatic heterocycles. The number of thioether (sulfide) groups is 2. The number of nitrogens with one attached hydrogen (secondary N) is 1. The van der Waals surface area contributed by atoms with Gasteiger partial charge in [-0.1, -0.05) is 78.1 Å². The van der Waals surface area contributed by atoms with E-state index in [0.29, 0.717) is 28.2 Å². The molecule has 1 N–H and O–H groups in total. The van der Waals surface area contributed by atoms with Gasteiger partial charge in [-0.15, -0.1) is 5.10 Å². The highest BCUT2D eigenvalue weighted by Crippen LogP contribution is 2.27. The molecule has 1 saturated heterocycles. The zero-order valence-electron chi connectivity index (χ0n) is 19.7. The van der Waals surface area contributed by atoms with Crippen molar-refractivity contribution in [3.8, 4) is 0 Å². The number of hydrogen-bond donors (Lipinski definition) is 1. The summed E-state index contributed by atoms with van der Waals surface area (Å²) in [7, 11) is 0. The maximum Gasteiger partial charge on any atom is 0.288 e. The van der Waals surface area contributed by atoms with Crippen LogP contribution in [-0.4, -0.2) is 34.8 Å². The monoisotopic (exact) mass is 524 g/mol. The van der Waals surface area contributed by atoms with Gasteiger partial charge in [0.25, 0.3) is 5.76 Å². The fourth-order valence-electron chi connectivity index (χ4n) is 3.72. The molecule has 1 aliphatic rings. The average Bonchev–Trinajstić information content (AvgIpc) is 3.23. The van der Waals surface area contributed by atoms with Crippen molar-refractivity contribution in [3.63, 3.8) is 0 Å². The maximum atomic E-state index is 12.5. The van der Waals surface area contributed by atoms with Gasteiger partial charge in [-0.3, -0.25) is 4.79 Å². The normalized spacial score (nSPS) is 16.7. The summed E-state index contributed by atoms with van der Waals surface area (Å²) in [5, 5.41) is 11.2. The molecule has 3 aromatic rings.